The van der Waals surface area contributed by atoms with Crippen LogP contribution >= 0.6 is 0 Å². The Morgan fingerprint density at radius 2 is 2.12 bits per heavy atom. The van der Waals surface area contributed by atoms with Crippen molar-refractivity contribution in [3.63, 3.8) is 0 Å². The molecule has 1 aliphatic rings. The molecule has 3 N–H and O–H groups in total. The van der Waals surface area contributed by atoms with E-state index in [9.17, 15) is 4.39 Å². The average Bonchev–Trinajstić information content (AvgIpc) is 2.33. The Balaban J connectivity index is 2.08. The molecule has 94 valence electrons. The molecule has 1 aliphatic carbocycles. The zero-order valence-corrected chi connectivity index (χ0v) is 10.4. The van der Waals surface area contributed by atoms with E-state index in [0.29, 0.717) is 23.3 Å². The maximum Gasteiger partial charge on any atom is 0.148 e. The number of hydrogen-bond acceptors (Lipinski definition) is 2. The van der Waals surface area contributed by atoms with Crippen molar-refractivity contribution in [2.75, 3.05) is 11.1 Å². The SMILES string of the molecule is CCC1CCCCC1Nc1ccc(N)cc1F. The highest BCUT2D eigenvalue weighted by molar-refractivity contribution is 5.53. The van der Waals surface area contributed by atoms with Crippen LogP contribution in [0.4, 0.5) is 15.8 Å². The van der Waals surface area contributed by atoms with E-state index in [-0.39, 0.29) is 5.82 Å². The first kappa shape index (κ1) is 12.2. The van der Waals surface area contributed by atoms with Crippen LogP contribution < -0.4 is 11.1 Å². The van der Waals surface area contributed by atoms with Crippen molar-refractivity contribution in [2.45, 2.75) is 45.1 Å². The second-order valence-electron chi connectivity index (χ2n) is 4.94. The number of nitrogens with one attached hydrogen (secondary N) is 1. The molecular formula is C14H21FN2. The molecule has 0 saturated heterocycles. The van der Waals surface area contributed by atoms with Gasteiger partial charge < -0.3 is 11.1 Å². The van der Waals surface area contributed by atoms with Crippen LogP contribution in [-0.2, 0) is 0 Å². The molecule has 1 saturated carbocycles. The minimum absolute atomic E-state index is 0.245. The summed E-state index contributed by atoms with van der Waals surface area (Å²) < 4.78 is 13.7. The van der Waals surface area contributed by atoms with E-state index in [0.717, 1.165) is 12.8 Å². The Kier molecular flexibility index (Phi) is 3.87. The van der Waals surface area contributed by atoms with Crippen molar-refractivity contribution in [1.82, 2.24) is 0 Å². The van der Waals surface area contributed by atoms with E-state index in [1.165, 1.54) is 25.3 Å². The van der Waals surface area contributed by atoms with E-state index in [1.54, 1.807) is 12.1 Å². The van der Waals surface area contributed by atoms with Crippen molar-refractivity contribution < 1.29 is 4.39 Å². The summed E-state index contributed by atoms with van der Waals surface area (Å²) in [5.74, 6) is 0.422. The van der Waals surface area contributed by atoms with Gasteiger partial charge in [-0.3, -0.25) is 0 Å². The second kappa shape index (κ2) is 5.39. The van der Waals surface area contributed by atoms with Crippen LogP contribution in [0.15, 0.2) is 18.2 Å². The predicted molar refractivity (Wildman–Crippen MR) is 70.5 cm³/mol. The maximum atomic E-state index is 13.7. The molecule has 17 heavy (non-hydrogen) atoms. The first-order valence-corrected chi connectivity index (χ1v) is 6.52. The molecule has 2 unspecified atom stereocenters. The molecule has 1 fully saturated rings. The Bertz CT molecular complexity index is 378. The molecule has 2 rings (SSSR count). The first-order chi connectivity index (χ1) is 8.20. The van der Waals surface area contributed by atoms with Crippen molar-refractivity contribution in [2.24, 2.45) is 5.92 Å². The van der Waals surface area contributed by atoms with Crippen LogP contribution in [0.1, 0.15) is 39.0 Å². The van der Waals surface area contributed by atoms with Crippen LogP contribution in [-0.4, -0.2) is 6.04 Å². The lowest BCUT2D eigenvalue weighted by Crippen LogP contribution is -2.32. The Morgan fingerprint density at radius 1 is 1.35 bits per heavy atom. The lowest BCUT2D eigenvalue weighted by molar-refractivity contribution is 0.316. The fourth-order valence-electron chi connectivity index (χ4n) is 2.73. The quantitative estimate of drug-likeness (QED) is 0.784. The minimum atomic E-state index is -0.245. The lowest BCUT2D eigenvalue weighted by Gasteiger charge is -2.32. The Hall–Kier alpha value is -1.25. The van der Waals surface area contributed by atoms with Gasteiger partial charge in [0.25, 0.3) is 0 Å². The molecule has 0 aliphatic heterocycles. The third-order valence-corrected chi connectivity index (χ3v) is 3.77. The largest absolute Gasteiger partial charge is 0.399 e. The van der Waals surface area contributed by atoms with Gasteiger partial charge in [0.15, 0.2) is 0 Å². The second-order valence-corrected chi connectivity index (χ2v) is 4.94. The molecule has 0 heterocycles. The molecule has 0 radical (unpaired) electrons. The highest BCUT2D eigenvalue weighted by Crippen LogP contribution is 2.30. The van der Waals surface area contributed by atoms with Crippen LogP contribution in [0, 0.1) is 11.7 Å². The maximum absolute atomic E-state index is 13.7. The third kappa shape index (κ3) is 2.90. The summed E-state index contributed by atoms with van der Waals surface area (Å²) in [5.41, 5.74) is 6.61. The third-order valence-electron chi connectivity index (χ3n) is 3.77. The number of nitrogens with two attached hydrogens (primary N) is 1. The van der Waals surface area contributed by atoms with Crippen molar-refractivity contribution in [3.05, 3.63) is 24.0 Å². The fourth-order valence-corrected chi connectivity index (χ4v) is 2.73. The summed E-state index contributed by atoms with van der Waals surface area (Å²) in [6.07, 6.45) is 6.10. The number of hydrogen-bond donors (Lipinski definition) is 2. The van der Waals surface area contributed by atoms with Crippen molar-refractivity contribution >= 4 is 11.4 Å². The molecule has 0 spiro atoms. The van der Waals surface area contributed by atoms with Gasteiger partial charge >= 0.3 is 0 Å². The van der Waals surface area contributed by atoms with Crippen LogP contribution in [0.3, 0.4) is 0 Å². The first-order valence-electron chi connectivity index (χ1n) is 6.52. The average molecular weight is 236 g/mol. The zero-order chi connectivity index (χ0) is 12.3. The summed E-state index contributed by atoms with van der Waals surface area (Å²) in [7, 11) is 0. The zero-order valence-electron chi connectivity index (χ0n) is 10.4. The van der Waals surface area contributed by atoms with Crippen molar-refractivity contribution in [1.29, 1.82) is 0 Å². The number of anilines is 2. The topological polar surface area (TPSA) is 38.0 Å². The van der Waals surface area contributed by atoms with E-state index in [1.807, 2.05) is 0 Å². The predicted octanol–water partition coefficient (Wildman–Crippen LogP) is 3.79. The summed E-state index contributed by atoms with van der Waals surface area (Å²) in [4.78, 5) is 0. The van der Waals surface area contributed by atoms with E-state index >= 15 is 0 Å². The smallest absolute Gasteiger partial charge is 0.148 e. The summed E-state index contributed by atoms with van der Waals surface area (Å²) in [6.45, 7) is 2.21. The molecule has 3 heteroatoms. The van der Waals surface area contributed by atoms with Gasteiger partial charge in [0.05, 0.1) is 5.69 Å². The molecule has 1 aromatic carbocycles. The number of nitrogen functional groups attached to an aromatic ring is 1. The summed E-state index contributed by atoms with van der Waals surface area (Å²) >= 11 is 0. The summed E-state index contributed by atoms with van der Waals surface area (Å²) in [6, 6.07) is 5.28. The molecule has 0 amide bonds. The summed E-state index contributed by atoms with van der Waals surface area (Å²) in [5, 5.41) is 3.35. The molecule has 1 aromatic rings. The Labute approximate surface area is 102 Å². The van der Waals surface area contributed by atoms with Gasteiger partial charge in [-0.15, -0.1) is 0 Å². The normalized spacial score (nSPS) is 24.6. The lowest BCUT2D eigenvalue weighted by atomic mass is 9.83. The van der Waals surface area contributed by atoms with Gasteiger partial charge in [0.2, 0.25) is 0 Å². The van der Waals surface area contributed by atoms with Crippen molar-refractivity contribution in [3.8, 4) is 0 Å². The fraction of sp³-hybridized carbons (Fsp3) is 0.571. The minimum Gasteiger partial charge on any atom is -0.399 e. The van der Waals surface area contributed by atoms with E-state index in [4.69, 9.17) is 5.73 Å². The van der Waals surface area contributed by atoms with Gasteiger partial charge in [-0.25, -0.2) is 4.39 Å². The number of rotatable bonds is 3. The van der Waals surface area contributed by atoms with Crippen LogP contribution in [0.25, 0.3) is 0 Å². The van der Waals surface area contributed by atoms with Crippen LogP contribution in [0.2, 0.25) is 0 Å². The monoisotopic (exact) mass is 236 g/mol. The highest BCUT2D eigenvalue weighted by Gasteiger charge is 2.23. The highest BCUT2D eigenvalue weighted by atomic mass is 19.1. The molecular weight excluding hydrogens is 215 g/mol. The standard InChI is InChI=1S/C14H21FN2/c1-2-10-5-3-4-6-13(10)17-14-8-7-11(16)9-12(14)15/h7-10,13,17H,2-6,16H2,1H3. The molecule has 0 aromatic heterocycles. The van der Waals surface area contributed by atoms with E-state index in [2.05, 4.69) is 12.2 Å². The van der Waals surface area contributed by atoms with Gasteiger partial charge in [0.1, 0.15) is 5.82 Å². The van der Waals surface area contributed by atoms with Crippen LogP contribution in [0.5, 0.6) is 0 Å². The van der Waals surface area contributed by atoms with Gasteiger partial charge in [0, 0.05) is 11.7 Å². The van der Waals surface area contributed by atoms with Gasteiger partial charge in [-0.05, 0) is 37.0 Å². The molecule has 2 nitrogen and oxygen atoms in total. The van der Waals surface area contributed by atoms with Gasteiger partial charge in [-0.1, -0.05) is 26.2 Å². The van der Waals surface area contributed by atoms with Gasteiger partial charge in [-0.2, -0.15) is 0 Å². The molecule has 2 atom stereocenters. The van der Waals surface area contributed by atoms with E-state index < -0.39 is 0 Å². The Morgan fingerprint density at radius 3 is 2.82 bits per heavy atom. The number of benzene rings is 1. The molecule has 0 bridgehead atoms. The number of halogens is 1.